The van der Waals surface area contributed by atoms with Crippen LogP contribution in [0.2, 0.25) is 0 Å². The summed E-state index contributed by atoms with van der Waals surface area (Å²) in [5, 5.41) is 3.14. The van der Waals surface area contributed by atoms with Gasteiger partial charge in [-0.15, -0.1) is 11.3 Å². The van der Waals surface area contributed by atoms with Crippen molar-refractivity contribution in [1.29, 1.82) is 0 Å². The molecule has 1 atom stereocenters. The molecule has 0 unspecified atom stereocenters. The van der Waals surface area contributed by atoms with Gasteiger partial charge in [0.05, 0.1) is 6.04 Å². The predicted molar refractivity (Wildman–Crippen MR) is 79.9 cm³/mol. The SMILES string of the molecule is Cc1csc([C@@H]2CCCCN2C(=O)c2cccn2C)n1. The molecule has 0 spiro atoms. The number of hydrogen-bond donors (Lipinski definition) is 0. The van der Waals surface area contributed by atoms with Gasteiger partial charge in [0.15, 0.2) is 0 Å². The molecule has 3 heterocycles. The summed E-state index contributed by atoms with van der Waals surface area (Å²) >= 11 is 1.67. The summed E-state index contributed by atoms with van der Waals surface area (Å²) in [4.78, 5) is 19.3. The number of thiazole rings is 1. The van der Waals surface area contributed by atoms with Gasteiger partial charge in [0, 0.05) is 30.9 Å². The fourth-order valence-electron chi connectivity index (χ4n) is 2.79. The molecule has 20 heavy (non-hydrogen) atoms. The molecule has 2 aromatic heterocycles. The predicted octanol–water partition coefficient (Wildman–Crippen LogP) is 3.16. The maximum absolute atomic E-state index is 12.8. The van der Waals surface area contributed by atoms with Crippen LogP contribution in [0.25, 0.3) is 0 Å². The second-order valence-corrected chi connectivity index (χ2v) is 6.23. The first-order valence-corrected chi connectivity index (χ1v) is 7.89. The number of rotatable bonds is 2. The Balaban J connectivity index is 1.89. The molecular weight excluding hydrogens is 270 g/mol. The molecule has 0 aliphatic carbocycles. The summed E-state index contributed by atoms with van der Waals surface area (Å²) in [5.41, 5.74) is 1.80. The van der Waals surface area contributed by atoms with Gasteiger partial charge in [-0.05, 0) is 38.3 Å². The Bertz CT molecular complexity index is 616. The minimum absolute atomic E-state index is 0.120. The van der Waals surface area contributed by atoms with E-state index in [1.165, 1.54) is 6.42 Å². The third-order valence-corrected chi connectivity index (χ3v) is 4.91. The van der Waals surface area contributed by atoms with Crippen molar-refractivity contribution < 1.29 is 4.79 Å². The van der Waals surface area contributed by atoms with Crippen LogP contribution in [0.5, 0.6) is 0 Å². The summed E-state index contributed by atoms with van der Waals surface area (Å²) in [7, 11) is 1.92. The number of carbonyl (C=O) groups is 1. The molecule has 1 aliphatic rings. The Labute approximate surface area is 123 Å². The summed E-state index contributed by atoms with van der Waals surface area (Å²) < 4.78 is 1.89. The Morgan fingerprint density at radius 1 is 1.45 bits per heavy atom. The first-order chi connectivity index (χ1) is 9.66. The van der Waals surface area contributed by atoms with E-state index in [1.54, 1.807) is 11.3 Å². The van der Waals surface area contributed by atoms with Crippen molar-refractivity contribution in [1.82, 2.24) is 14.5 Å². The molecule has 5 heteroatoms. The van der Waals surface area contributed by atoms with Gasteiger partial charge >= 0.3 is 0 Å². The van der Waals surface area contributed by atoms with Crippen LogP contribution in [0, 0.1) is 6.92 Å². The van der Waals surface area contributed by atoms with Crippen LogP contribution in [0.1, 0.15) is 46.5 Å². The minimum atomic E-state index is 0.120. The topological polar surface area (TPSA) is 38.1 Å². The van der Waals surface area contributed by atoms with Crippen molar-refractivity contribution in [3.05, 3.63) is 40.1 Å². The van der Waals surface area contributed by atoms with Crippen molar-refractivity contribution in [2.75, 3.05) is 6.54 Å². The lowest BCUT2D eigenvalue weighted by atomic mass is 10.0. The van der Waals surface area contributed by atoms with Crippen LogP contribution < -0.4 is 0 Å². The van der Waals surface area contributed by atoms with Gasteiger partial charge in [0.1, 0.15) is 10.7 Å². The number of piperidine rings is 1. The van der Waals surface area contributed by atoms with Gasteiger partial charge in [-0.25, -0.2) is 4.98 Å². The molecule has 4 nitrogen and oxygen atoms in total. The van der Waals surface area contributed by atoms with E-state index in [0.29, 0.717) is 0 Å². The van der Waals surface area contributed by atoms with Crippen molar-refractivity contribution in [2.45, 2.75) is 32.2 Å². The van der Waals surface area contributed by atoms with E-state index >= 15 is 0 Å². The number of nitrogens with zero attached hydrogens (tertiary/aromatic N) is 3. The highest BCUT2D eigenvalue weighted by Gasteiger charge is 2.31. The molecule has 2 aromatic rings. The second kappa shape index (κ2) is 5.40. The van der Waals surface area contributed by atoms with Crippen LogP contribution in [0.4, 0.5) is 0 Å². The number of amides is 1. The van der Waals surface area contributed by atoms with Crippen LogP contribution in [0.3, 0.4) is 0 Å². The van der Waals surface area contributed by atoms with E-state index in [-0.39, 0.29) is 11.9 Å². The van der Waals surface area contributed by atoms with Gasteiger partial charge < -0.3 is 9.47 Å². The normalized spacial score (nSPS) is 19.3. The smallest absolute Gasteiger partial charge is 0.271 e. The highest BCUT2D eigenvalue weighted by Crippen LogP contribution is 2.33. The molecule has 0 saturated carbocycles. The van der Waals surface area contributed by atoms with Crippen LogP contribution in [0.15, 0.2) is 23.7 Å². The summed E-state index contributed by atoms with van der Waals surface area (Å²) in [6.07, 6.45) is 5.18. The third-order valence-electron chi connectivity index (χ3n) is 3.85. The fraction of sp³-hybridized carbons (Fsp3) is 0.467. The highest BCUT2D eigenvalue weighted by atomic mass is 32.1. The highest BCUT2D eigenvalue weighted by molar-refractivity contribution is 7.09. The maximum Gasteiger partial charge on any atom is 0.271 e. The van der Waals surface area contributed by atoms with Gasteiger partial charge in [-0.3, -0.25) is 4.79 Å². The summed E-state index contributed by atoms with van der Waals surface area (Å²) in [6.45, 7) is 2.83. The number of aromatic nitrogens is 2. The lowest BCUT2D eigenvalue weighted by molar-refractivity contribution is 0.0601. The summed E-state index contributed by atoms with van der Waals surface area (Å²) in [5.74, 6) is 0.120. The molecule has 0 N–H and O–H groups in total. The van der Waals surface area contributed by atoms with Crippen molar-refractivity contribution in [3.63, 3.8) is 0 Å². The molecule has 0 aromatic carbocycles. The second-order valence-electron chi connectivity index (χ2n) is 5.34. The summed E-state index contributed by atoms with van der Waals surface area (Å²) in [6, 6.07) is 3.95. The van der Waals surface area contributed by atoms with E-state index < -0.39 is 0 Å². The van der Waals surface area contributed by atoms with Crippen molar-refractivity contribution in [2.24, 2.45) is 7.05 Å². The van der Waals surface area contributed by atoms with Gasteiger partial charge in [-0.1, -0.05) is 0 Å². The van der Waals surface area contributed by atoms with Crippen LogP contribution in [-0.4, -0.2) is 26.9 Å². The van der Waals surface area contributed by atoms with Crippen LogP contribution >= 0.6 is 11.3 Å². The third kappa shape index (κ3) is 2.38. The number of likely N-dealkylation sites (tertiary alicyclic amines) is 1. The zero-order valence-corrected chi connectivity index (χ0v) is 12.7. The molecule has 1 aliphatic heterocycles. The Hall–Kier alpha value is -1.62. The zero-order chi connectivity index (χ0) is 14.1. The quantitative estimate of drug-likeness (QED) is 0.851. The molecule has 106 valence electrons. The van der Waals surface area contributed by atoms with E-state index in [0.717, 1.165) is 35.8 Å². The average Bonchev–Trinajstić information content (AvgIpc) is 3.07. The molecule has 3 rings (SSSR count). The Morgan fingerprint density at radius 3 is 2.95 bits per heavy atom. The first-order valence-electron chi connectivity index (χ1n) is 7.01. The lowest BCUT2D eigenvalue weighted by Gasteiger charge is -2.34. The molecule has 1 amide bonds. The largest absolute Gasteiger partial charge is 0.347 e. The van der Waals surface area contributed by atoms with Gasteiger partial charge in [0.25, 0.3) is 5.91 Å². The Morgan fingerprint density at radius 2 is 2.30 bits per heavy atom. The lowest BCUT2D eigenvalue weighted by Crippen LogP contribution is -2.39. The number of carbonyl (C=O) groups excluding carboxylic acids is 1. The first kappa shape index (κ1) is 13.4. The fourth-order valence-corrected chi connectivity index (χ4v) is 3.73. The number of hydrogen-bond acceptors (Lipinski definition) is 3. The minimum Gasteiger partial charge on any atom is -0.347 e. The van der Waals surface area contributed by atoms with E-state index in [9.17, 15) is 4.79 Å². The molecule has 1 saturated heterocycles. The Kier molecular flexibility index (Phi) is 3.61. The van der Waals surface area contributed by atoms with Crippen molar-refractivity contribution in [3.8, 4) is 0 Å². The van der Waals surface area contributed by atoms with Crippen molar-refractivity contribution >= 4 is 17.2 Å². The van der Waals surface area contributed by atoms with Gasteiger partial charge in [0.2, 0.25) is 0 Å². The average molecular weight is 289 g/mol. The molecule has 0 radical (unpaired) electrons. The number of aryl methyl sites for hydroxylation is 2. The molecule has 0 bridgehead atoms. The maximum atomic E-state index is 12.8. The van der Waals surface area contributed by atoms with E-state index in [2.05, 4.69) is 10.4 Å². The monoisotopic (exact) mass is 289 g/mol. The molecular formula is C15H19N3OS. The standard InChI is InChI=1S/C15H19N3OS/c1-11-10-20-14(16-11)12-6-3-4-9-18(12)15(19)13-7-5-8-17(13)2/h5,7-8,10,12H,3-4,6,9H2,1-2H3/t12-/m0/s1. The molecule has 1 fully saturated rings. The van der Waals surface area contributed by atoms with Crippen LogP contribution in [-0.2, 0) is 7.05 Å². The zero-order valence-electron chi connectivity index (χ0n) is 11.9. The van der Waals surface area contributed by atoms with E-state index in [4.69, 9.17) is 0 Å². The van der Waals surface area contributed by atoms with E-state index in [1.807, 2.05) is 41.8 Å². The van der Waals surface area contributed by atoms with Gasteiger partial charge in [-0.2, -0.15) is 0 Å².